The molecule has 0 amide bonds. The zero-order valence-electron chi connectivity index (χ0n) is 25.5. The summed E-state index contributed by atoms with van der Waals surface area (Å²) in [6.07, 6.45) is -1.49. The molecule has 3 aromatic rings. The standard InChI is InChI=1S/C26H31NO3/c1-26(2,3)27-17-25(28)22-14-23(29-18-20-10-6-4-7-11-20)16-24(15-22)30-19-21-12-8-5-9-13-21/h4-16,25,27-28H,17-19H2,1-3H3/i1D3,2D3,3D3. The van der Waals surface area contributed by atoms with E-state index < -0.39 is 38.7 Å². The monoisotopic (exact) mass is 414 g/mol. The Morgan fingerprint density at radius 1 is 0.833 bits per heavy atom. The zero-order valence-corrected chi connectivity index (χ0v) is 16.5. The van der Waals surface area contributed by atoms with Gasteiger partial charge < -0.3 is 19.9 Å². The molecule has 0 bridgehead atoms. The van der Waals surface area contributed by atoms with Crippen LogP contribution in [0.25, 0.3) is 0 Å². The molecule has 4 heteroatoms. The Bertz CT molecular complexity index is 1100. The van der Waals surface area contributed by atoms with Crippen molar-refractivity contribution in [3.63, 3.8) is 0 Å². The first-order valence-corrected chi connectivity index (χ1v) is 9.55. The maximum atomic E-state index is 11.0. The van der Waals surface area contributed by atoms with Crippen LogP contribution in [0.2, 0.25) is 0 Å². The normalized spacial score (nSPS) is 18.1. The zero-order chi connectivity index (χ0) is 28.9. The van der Waals surface area contributed by atoms with Crippen LogP contribution in [-0.4, -0.2) is 17.2 Å². The summed E-state index contributed by atoms with van der Waals surface area (Å²) in [6.45, 7) is -10.5. The number of aliphatic hydroxyl groups is 1. The van der Waals surface area contributed by atoms with E-state index in [4.69, 9.17) is 21.8 Å². The molecule has 0 saturated carbocycles. The number of nitrogens with one attached hydrogen (secondary N) is 1. The van der Waals surface area contributed by atoms with Crippen LogP contribution < -0.4 is 14.8 Å². The molecule has 0 saturated heterocycles. The van der Waals surface area contributed by atoms with Gasteiger partial charge in [-0.3, -0.25) is 0 Å². The summed E-state index contributed by atoms with van der Waals surface area (Å²) < 4.78 is 81.7. The molecule has 0 aromatic heterocycles. The Morgan fingerprint density at radius 3 is 1.80 bits per heavy atom. The van der Waals surface area contributed by atoms with Crippen LogP contribution in [0, 0.1) is 0 Å². The molecule has 30 heavy (non-hydrogen) atoms. The fourth-order valence-corrected chi connectivity index (χ4v) is 2.80. The molecule has 0 aliphatic carbocycles. The predicted molar refractivity (Wildman–Crippen MR) is 121 cm³/mol. The van der Waals surface area contributed by atoms with E-state index in [1.807, 2.05) is 60.7 Å². The lowest BCUT2D eigenvalue weighted by Gasteiger charge is -2.23. The Labute approximate surface area is 192 Å². The van der Waals surface area contributed by atoms with Gasteiger partial charge >= 0.3 is 0 Å². The van der Waals surface area contributed by atoms with Crippen molar-refractivity contribution in [1.82, 2.24) is 5.32 Å². The van der Waals surface area contributed by atoms with E-state index in [0.29, 0.717) is 11.5 Å². The number of hydrogen-bond donors (Lipinski definition) is 2. The van der Waals surface area contributed by atoms with E-state index in [9.17, 15) is 5.11 Å². The van der Waals surface area contributed by atoms with Gasteiger partial charge in [-0.25, -0.2) is 0 Å². The second-order valence-electron chi connectivity index (χ2n) is 6.93. The summed E-state index contributed by atoms with van der Waals surface area (Å²) in [5, 5.41) is 13.2. The first-order valence-electron chi connectivity index (χ1n) is 14.1. The number of rotatable bonds is 9. The molecule has 0 aliphatic rings. The van der Waals surface area contributed by atoms with E-state index in [1.165, 1.54) is 12.1 Å². The number of aliphatic hydroxyl groups excluding tert-OH is 1. The summed E-state index contributed by atoms with van der Waals surface area (Å²) in [4.78, 5) is 0. The van der Waals surface area contributed by atoms with Crippen LogP contribution in [-0.2, 0) is 13.2 Å². The Balaban J connectivity index is 1.89. The van der Waals surface area contributed by atoms with Crippen LogP contribution in [0.15, 0.2) is 78.9 Å². The van der Waals surface area contributed by atoms with E-state index in [2.05, 4.69) is 5.32 Å². The molecule has 2 N–H and O–H groups in total. The predicted octanol–water partition coefficient (Wildman–Crippen LogP) is 5.27. The third-order valence-electron chi connectivity index (χ3n) is 4.34. The largest absolute Gasteiger partial charge is 0.489 e. The Morgan fingerprint density at radius 2 is 1.33 bits per heavy atom. The van der Waals surface area contributed by atoms with Crippen molar-refractivity contribution in [2.24, 2.45) is 0 Å². The molecular weight excluding hydrogens is 374 g/mol. The molecule has 3 rings (SSSR count). The maximum Gasteiger partial charge on any atom is 0.123 e. The highest BCUT2D eigenvalue weighted by Crippen LogP contribution is 2.28. The molecule has 158 valence electrons. The highest BCUT2D eigenvalue weighted by molar-refractivity contribution is 5.40. The average molecular weight is 415 g/mol. The second kappa shape index (κ2) is 10.3. The topological polar surface area (TPSA) is 50.7 Å². The average Bonchev–Trinajstić information content (AvgIpc) is 2.85. The van der Waals surface area contributed by atoms with Crippen LogP contribution in [0.3, 0.4) is 0 Å². The van der Waals surface area contributed by atoms with Gasteiger partial charge in [0.1, 0.15) is 24.7 Å². The number of β-amino-alcohol motifs (C(OH)–C–C–N with tert-alkyl or cyclic N) is 1. The first kappa shape index (κ1) is 12.8. The molecule has 0 heterocycles. The lowest BCUT2D eigenvalue weighted by molar-refractivity contribution is 0.162. The quantitative estimate of drug-likeness (QED) is 0.501. The third-order valence-corrected chi connectivity index (χ3v) is 4.34. The highest BCUT2D eigenvalue weighted by Gasteiger charge is 2.16. The summed E-state index contributed by atoms with van der Waals surface area (Å²) in [5.74, 6) is 0.680. The minimum atomic E-state index is -3.44. The van der Waals surface area contributed by atoms with Gasteiger partial charge in [0.05, 0.1) is 6.10 Å². The van der Waals surface area contributed by atoms with E-state index in [1.54, 1.807) is 6.07 Å². The molecule has 0 radical (unpaired) electrons. The van der Waals surface area contributed by atoms with Crippen LogP contribution in [0.4, 0.5) is 0 Å². The van der Waals surface area contributed by atoms with Crippen molar-refractivity contribution in [3.05, 3.63) is 95.6 Å². The minimum Gasteiger partial charge on any atom is -0.489 e. The van der Waals surface area contributed by atoms with Crippen LogP contribution in [0.5, 0.6) is 11.5 Å². The molecular formula is C26H31NO3. The SMILES string of the molecule is [2H]C([2H])([2H])C(NCC(O)c1cc(OCc2ccccc2)cc(OCc2ccccc2)c1)(C([2H])([2H])[2H])C([2H])([2H])[2H]. The smallest absolute Gasteiger partial charge is 0.123 e. The second-order valence-corrected chi connectivity index (χ2v) is 6.93. The highest BCUT2D eigenvalue weighted by atomic mass is 16.5. The molecule has 0 aliphatic heterocycles. The van der Waals surface area contributed by atoms with Gasteiger partial charge in [0.25, 0.3) is 0 Å². The van der Waals surface area contributed by atoms with Crippen molar-refractivity contribution in [2.45, 2.75) is 45.4 Å². The lowest BCUT2D eigenvalue weighted by atomic mass is 10.1. The minimum absolute atomic E-state index is 0.214. The number of ether oxygens (including phenoxy) is 2. The van der Waals surface area contributed by atoms with Crippen molar-refractivity contribution in [1.29, 1.82) is 0 Å². The Kier molecular flexibility index (Phi) is 4.38. The van der Waals surface area contributed by atoms with Crippen LogP contribution >= 0.6 is 0 Å². The van der Waals surface area contributed by atoms with Gasteiger partial charge in [-0.15, -0.1) is 0 Å². The molecule has 1 atom stereocenters. The van der Waals surface area contributed by atoms with Gasteiger partial charge in [0.15, 0.2) is 0 Å². The van der Waals surface area contributed by atoms with Gasteiger partial charge in [0, 0.05) is 30.5 Å². The van der Waals surface area contributed by atoms with Crippen molar-refractivity contribution < 1.29 is 26.9 Å². The third kappa shape index (κ3) is 7.21. The summed E-state index contributed by atoms with van der Waals surface area (Å²) in [7, 11) is 0. The van der Waals surface area contributed by atoms with Gasteiger partial charge in [-0.2, -0.15) is 0 Å². The van der Waals surface area contributed by atoms with Gasteiger partial charge in [0.2, 0.25) is 0 Å². The van der Waals surface area contributed by atoms with Gasteiger partial charge in [-0.1, -0.05) is 60.7 Å². The molecule has 0 fully saturated rings. The van der Waals surface area contributed by atoms with E-state index >= 15 is 0 Å². The summed E-state index contributed by atoms with van der Waals surface area (Å²) >= 11 is 0. The van der Waals surface area contributed by atoms with Crippen molar-refractivity contribution >= 4 is 0 Å². The lowest BCUT2D eigenvalue weighted by Crippen LogP contribution is -2.38. The number of hydrogen-bond acceptors (Lipinski definition) is 4. The fraction of sp³-hybridized carbons (Fsp3) is 0.308. The van der Waals surface area contributed by atoms with Gasteiger partial charge in [-0.05, 0) is 49.4 Å². The Hall–Kier alpha value is -2.82. The summed E-state index contributed by atoms with van der Waals surface area (Å²) in [6, 6.07) is 23.4. The van der Waals surface area contributed by atoms with E-state index in [-0.39, 0.29) is 18.8 Å². The molecule has 3 aromatic carbocycles. The number of benzene rings is 3. The summed E-state index contributed by atoms with van der Waals surface area (Å²) in [5.41, 5.74) is -1.25. The fourth-order valence-electron chi connectivity index (χ4n) is 2.80. The van der Waals surface area contributed by atoms with Crippen molar-refractivity contribution in [2.75, 3.05) is 6.54 Å². The van der Waals surface area contributed by atoms with E-state index in [0.717, 1.165) is 11.1 Å². The molecule has 1 unspecified atom stereocenters. The van der Waals surface area contributed by atoms with Crippen molar-refractivity contribution in [3.8, 4) is 11.5 Å². The van der Waals surface area contributed by atoms with Crippen LogP contribution in [0.1, 0.15) is 55.7 Å². The maximum absolute atomic E-state index is 11.0. The molecule has 0 spiro atoms. The molecule has 4 nitrogen and oxygen atoms in total. The first-order chi connectivity index (χ1) is 18.1.